The zero-order valence-corrected chi connectivity index (χ0v) is 15.5. The summed E-state index contributed by atoms with van der Waals surface area (Å²) in [6.45, 7) is 3.21. The molecule has 2 N–H and O–H groups in total. The minimum Gasteiger partial charge on any atom is -0.348 e. The number of nitrogens with zero attached hydrogens (tertiary/aromatic N) is 1. The van der Waals surface area contributed by atoms with Crippen molar-refractivity contribution < 1.29 is 18.4 Å². The predicted molar refractivity (Wildman–Crippen MR) is 100 cm³/mol. The van der Waals surface area contributed by atoms with E-state index in [1.54, 1.807) is 11.3 Å². The van der Waals surface area contributed by atoms with Crippen LogP contribution in [0.5, 0.6) is 0 Å². The Labute approximate surface area is 160 Å². The first-order chi connectivity index (χ1) is 13.0. The molecule has 3 rings (SSSR count). The average Bonchev–Trinajstić information content (AvgIpc) is 3.17. The third-order valence-corrected chi connectivity index (χ3v) is 5.36. The SMILES string of the molecule is O=C(NCC1CCN(Cc2ccsc2)CC1)C(=O)Nc1cc(F)ccc1F. The second-order valence-electron chi connectivity index (χ2n) is 6.64. The van der Waals surface area contributed by atoms with Crippen LogP contribution in [0.2, 0.25) is 0 Å². The number of piperidine rings is 1. The van der Waals surface area contributed by atoms with Crippen LogP contribution in [0.15, 0.2) is 35.0 Å². The fraction of sp³-hybridized carbons (Fsp3) is 0.368. The number of benzene rings is 1. The van der Waals surface area contributed by atoms with Crippen molar-refractivity contribution in [2.24, 2.45) is 5.92 Å². The lowest BCUT2D eigenvalue weighted by Gasteiger charge is -2.31. The number of likely N-dealkylation sites (tertiary alicyclic amines) is 1. The smallest absolute Gasteiger partial charge is 0.313 e. The van der Waals surface area contributed by atoms with E-state index in [9.17, 15) is 18.4 Å². The van der Waals surface area contributed by atoms with E-state index < -0.39 is 23.4 Å². The van der Waals surface area contributed by atoms with Gasteiger partial charge in [0.2, 0.25) is 0 Å². The summed E-state index contributed by atoms with van der Waals surface area (Å²) in [5, 5.41) is 8.89. The van der Waals surface area contributed by atoms with E-state index >= 15 is 0 Å². The molecular formula is C19H21F2N3O2S. The standard InChI is InChI=1S/C19H21F2N3O2S/c20-15-1-2-16(21)17(9-15)23-19(26)18(25)22-10-13-3-6-24(7-4-13)11-14-5-8-27-12-14/h1-2,5,8-9,12-13H,3-4,6-7,10-11H2,(H,22,25)(H,23,26). The lowest BCUT2D eigenvalue weighted by atomic mass is 9.96. The Morgan fingerprint density at radius 2 is 1.93 bits per heavy atom. The first-order valence-electron chi connectivity index (χ1n) is 8.79. The molecule has 27 heavy (non-hydrogen) atoms. The molecule has 1 fully saturated rings. The average molecular weight is 393 g/mol. The second kappa shape index (κ2) is 9.05. The van der Waals surface area contributed by atoms with Crippen molar-refractivity contribution in [2.75, 3.05) is 25.0 Å². The highest BCUT2D eigenvalue weighted by molar-refractivity contribution is 7.07. The van der Waals surface area contributed by atoms with Crippen molar-refractivity contribution in [1.29, 1.82) is 0 Å². The third-order valence-electron chi connectivity index (χ3n) is 4.63. The van der Waals surface area contributed by atoms with Gasteiger partial charge in [-0.2, -0.15) is 11.3 Å². The maximum atomic E-state index is 13.5. The number of nitrogens with one attached hydrogen (secondary N) is 2. The van der Waals surface area contributed by atoms with Crippen LogP contribution in [0.4, 0.5) is 14.5 Å². The van der Waals surface area contributed by atoms with E-state index in [0.717, 1.165) is 50.7 Å². The summed E-state index contributed by atoms with van der Waals surface area (Å²) in [5.41, 5.74) is 0.963. The van der Waals surface area contributed by atoms with Crippen molar-refractivity contribution in [3.05, 3.63) is 52.2 Å². The van der Waals surface area contributed by atoms with Gasteiger partial charge in [0.05, 0.1) is 5.69 Å². The maximum absolute atomic E-state index is 13.5. The van der Waals surface area contributed by atoms with Gasteiger partial charge in [0.1, 0.15) is 11.6 Å². The first-order valence-corrected chi connectivity index (χ1v) is 9.73. The Bertz CT molecular complexity index is 790. The fourth-order valence-corrected chi connectivity index (χ4v) is 3.74. The molecule has 0 atom stereocenters. The number of rotatable bonds is 5. The molecular weight excluding hydrogens is 372 g/mol. The van der Waals surface area contributed by atoms with Crippen molar-refractivity contribution >= 4 is 28.8 Å². The van der Waals surface area contributed by atoms with Crippen molar-refractivity contribution in [2.45, 2.75) is 19.4 Å². The van der Waals surface area contributed by atoms with Crippen LogP contribution in [0, 0.1) is 17.6 Å². The molecule has 1 aliphatic rings. The molecule has 0 saturated carbocycles. The van der Waals surface area contributed by atoms with Crippen LogP contribution in [0.3, 0.4) is 0 Å². The highest BCUT2D eigenvalue weighted by Gasteiger charge is 2.22. The molecule has 2 heterocycles. The largest absolute Gasteiger partial charge is 0.348 e. The van der Waals surface area contributed by atoms with Gasteiger partial charge in [-0.25, -0.2) is 8.78 Å². The normalized spacial score (nSPS) is 15.5. The maximum Gasteiger partial charge on any atom is 0.313 e. The molecule has 0 unspecified atom stereocenters. The number of carbonyl (C=O) groups excluding carboxylic acids is 2. The number of hydrogen-bond donors (Lipinski definition) is 2. The third kappa shape index (κ3) is 5.58. The molecule has 2 aromatic rings. The van der Waals surface area contributed by atoms with Gasteiger partial charge in [-0.15, -0.1) is 0 Å². The number of anilines is 1. The minimum atomic E-state index is -1.01. The first kappa shape index (κ1) is 19.4. The zero-order valence-electron chi connectivity index (χ0n) is 14.7. The van der Waals surface area contributed by atoms with Crippen molar-refractivity contribution in [1.82, 2.24) is 10.2 Å². The van der Waals surface area contributed by atoms with Gasteiger partial charge in [0, 0.05) is 19.2 Å². The molecule has 1 aromatic carbocycles. The number of amides is 2. The van der Waals surface area contributed by atoms with E-state index in [2.05, 4.69) is 32.4 Å². The van der Waals surface area contributed by atoms with Crippen LogP contribution >= 0.6 is 11.3 Å². The summed E-state index contributed by atoms with van der Waals surface area (Å²) in [4.78, 5) is 26.1. The Morgan fingerprint density at radius 1 is 1.15 bits per heavy atom. The van der Waals surface area contributed by atoms with Gasteiger partial charge in [-0.05, 0) is 66.4 Å². The molecule has 0 aliphatic carbocycles. The number of hydrogen-bond acceptors (Lipinski definition) is 4. The van der Waals surface area contributed by atoms with Crippen LogP contribution in [0.1, 0.15) is 18.4 Å². The van der Waals surface area contributed by atoms with Gasteiger partial charge in [-0.3, -0.25) is 14.5 Å². The molecule has 1 aromatic heterocycles. The molecule has 1 aliphatic heterocycles. The van der Waals surface area contributed by atoms with Gasteiger partial charge in [0.25, 0.3) is 0 Å². The summed E-state index contributed by atoms with van der Waals surface area (Å²) in [6.07, 6.45) is 1.87. The Hall–Kier alpha value is -2.32. The fourth-order valence-electron chi connectivity index (χ4n) is 3.08. The van der Waals surface area contributed by atoms with Crippen LogP contribution < -0.4 is 10.6 Å². The molecule has 144 valence electrons. The second-order valence-corrected chi connectivity index (χ2v) is 7.42. The lowest BCUT2D eigenvalue weighted by molar-refractivity contribution is -0.136. The van der Waals surface area contributed by atoms with E-state index in [0.29, 0.717) is 12.5 Å². The molecule has 0 bridgehead atoms. The molecule has 0 spiro atoms. The van der Waals surface area contributed by atoms with E-state index in [-0.39, 0.29) is 5.69 Å². The predicted octanol–water partition coefficient (Wildman–Crippen LogP) is 2.99. The summed E-state index contributed by atoms with van der Waals surface area (Å²) in [6, 6.07) is 4.79. The van der Waals surface area contributed by atoms with E-state index in [1.807, 2.05) is 0 Å². The van der Waals surface area contributed by atoms with E-state index in [4.69, 9.17) is 0 Å². The molecule has 2 amide bonds. The number of halogens is 2. The van der Waals surface area contributed by atoms with Crippen LogP contribution in [0.25, 0.3) is 0 Å². The lowest BCUT2D eigenvalue weighted by Crippen LogP contribution is -2.41. The van der Waals surface area contributed by atoms with E-state index in [1.165, 1.54) is 5.56 Å². The van der Waals surface area contributed by atoms with Crippen LogP contribution in [-0.2, 0) is 16.1 Å². The van der Waals surface area contributed by atoms with Gasteiger partial charge >= 0.3 is 11.8 Å². The van der Waals surface area contributed by atoms with Crippen LogP contribution in [-0.4, -0.2) is 36.3 Å². The monoisotopic (exact) mass is 393 g/mol. The molecule has 1 saturated heterocycles. The minimum absolute atomic E-state index is 0.298. The Kier molecular flexibility index (Phi) is 6.52. The highest BCUT2D eigenvalue weighted by Crippen LogP contribution is 2.19. The highest BCUT2D eigenvalue weighted by atomic mass is 32.1. The molecule has 0 radical (unpaired) electrons. The van der Waals surface area contributed by atoms with Crippen molar-refractivity contribution in [3.8, 4) is 0 Å². The van der Waals surface area contributed by atoms with Crippen molar-refractivity contribution in [3.63, 3.8) is 0 Å². The number of thiophene rings is 1. The number of carbonyl (C=O) groups is 2. The molecule has 8 heteroatoms. The Balaban J connectivity index is 1.40. The van der Waals surface area contributed by atoms with Gasteiger partial charge in [-0.1, -0.05) is 0 Å². The summed E-state index contributed by atoms with van der Waals surface area (Å²) < 4.78 is 26.6. The summed E-state index contributed by atoms with van der Waals surface area (Å²) in [5.74, 6) is -3.04. The molecule has 5 nitrogen and oxygen atoms in total. The van der Waals surface area contributed by atoms with Gasteiger partial charge < -0.3 is 10.6 Å². The summed E-state index contributed by atoms with van der Waals surface area (Å²) >= 11 is 1.69. The quantitative estimate of drug-likeness (QED) is 0.768. The topological polar surface area (TPSA) is 61.4 Å². The summed E-state index contributed by atoms with van der Waals surface area (Å²) in [7, 11) is 0. The Morgan fingerprint density at radius 3 is 2.63 bits per heavy atom. The van der Waals surface area contributed by atoms with Gasteiger partial charge in [0.15, 0.2) is 0 Å². The zero-order chi connectivity index (χ0) is 19.2.